The van der Waals surface area contributed by atoms with E-state index in [9.17, 15) is 10.1 Å². The molecule has 1 unspecified atom stereocenters. The first-order valence-electron chi connectivity index (χ1n) is 6.96. The van der Waals surface area contributed by atoms with Crippen LogP contribution in [0.1, 0.15) is 32.3 Å². The van der Waals surface area contributed by atoms with Crippen LogP contribution in [0, 0.1) is 28.4 Å². The fourth-order valence-electron chi connectivity index (χ4n) is 2.07. The summed E-state index contributed by atoms with van der Waals surface area (Å²) in [6.45, 7) is 6.70. The number of hydrogen-bond donors (Lipinski definition) is 1. The van der Waals surface area contributed by atoms with Gasteiger partial charge in [0.05, 0.1) is 17.6 Å². The minimum atomic E-state index is -0.587. The second-order valence-electron chi connectivity index (χ2n) is 5.15. The summed E-state index contributed by atoms with van der Waals surface area (Å²) >= 11 is 0. The fourth-order valence-corrected chi connectivity index (χ4v) is 2.07. The molecule has 0 fully saturated rings. The Labute approximate surface area is 124 Å². The highest BCUT2D eigenvalue weighted by molar-refractivity contribution is 5.48. The third kappa shape index (κ3) is 5.04. The van der Waals surface area contributed by atoms with E-state index in [0.717, 1.165) is 5.56 Å². The number of nitro groups is 1. The lowest BCUT2D eigenvalue weighted by atomic mass is 9.98. The average Bonchev–Trinajstić information content (AvgIpc) is 2.44. The number of nitriles is 1. The summed E-state index contributed by atoms with van der Waals surface area (Å²) in [5.74, 6) is 0.280. The van der Waals surface area contributed by atoms with Crippen LogP contribution in [0.25, 0.3) is 0 Å². The molecule has 1 atom stereocenters. The summed E-state index contributed by atoms with van der Waals surface area (Å²) in [6.07, 6.45) is 1.26. The largest absolute Gasteiger partial charge is 0.487 e. The Morgan fingerprint density at radius 3 is 2.81 bits per heavy atom. The lowest BCUT2D eigenvalue weighted by Gasteiger charge is -2.22. The number of nitrogens with one attached hydrogen (secondary N) is 1. The fraction of sp³-hybridized carbons (Fsp3) is 0.533. The van der Waals surface area contributed by atoms with E-state index in [2.05, 4.69) is 11.4 Å². The van der Waals surface area contributed by atoms with E-state index in [4.69, 9.17) is 10.00 Å². The Balaban J connectivity index is 2.59. The van der Waals surface area contributed by atoms with E-state index in [-0.39, 0.29) is 11.4 Å². The molecule has 0 saturated carbocycles. The highest BCUT2D eigenvalue weighted by atomic mass is 16.6. The van der Waals surface area contributed by atoms with Gasteiger partial charge < -0.3 is 4.74 Å². The van der Waals surface area contributed by atoms with E-state index in [1.54, 1.807) is 12.1 Å². The molecule has 1 aromatic carbocycles. The van der Waals surface area contributed by atoms with E-state index >= 15 is 0 Å². The predicted molar refractivity (Wildman–Crippen MR) is 80.3 cm³/mol. The van der Waals surface area contributed by atoms with E-state index in [0.29, 0.717) is 26.0 Å². The molecule has 6 nitrogen and oxygen atoms in total. The van der Waals surface area contributed by atoms with Gasteiger partial charge in [-0.2, -0.15) is 5.26 Å². The molecule has 0 saturated heterocycles. The molecule has 0 aliphatic heterocycles. The van der Waals surface area contributed by atoms with Crippen LogP contribution in [-0.2, 0) is 0 Å². The summed E-state index contributed by atoms with van der Waals surface area (Å²) in [5.41, 5.74) is 0.289. The van der Waals surface area contributed by atoms with Crippen LogP contribution < -0.4 is 10.1 Å². The van der Waals surface area contributed by atoms with Crippen LogP contribution in [0.5, 0.6) is 5.75 Å². The Morgan fingerprint density at radius 2 is 2.24 bits per heavy atom. The molecule has 0 bridgehead atoms. The zero-order valence-corrected chi connectivity index (χ0v) is 12.7. The van der Waals surface area contributed by atoms with Crippen molar-refractivity contribution in [1.29, 1.82) is 5.26 Å². The van der Waals surface area contributed by atoms with Crippen molar-refractivity contribution < 1.29 is 9.66 Å². The maximum atomic E-state index is 10.9. The number of hydrogen-bond acceptors (Lipinski definition) is 5. The second kappa shape index (κ2) is 7.60. The van der Waals surface area contributed by atoms with Gasteiger partial charge in [-0.1, -0.05) is 13.0 Å². The molecule has 1 aromatic rings. The normalized spacial score (nSPS) is 13.2. The smallest absolute Gasteiger partial charge is 0.310 e. The first kappa shape index (κ1) is 16.9. The Bertz CT molecular complexity index is 539. The van der Waals surface area contributed by atoms with Crippen molar-refractivity contribution in [2.45, 2.75) is 39.2 Å². The first-order chi connectivity index (χ1) is 9.91. The Morgan fingerprint density at radius 1 is 1.52 bits per heavy atom. The van der Waals surface area contributed by atoms with Gasteiger partial charge in [0.25, 0.3) is 0 Å². The highest BCUT2D eigenvalue weighted by Gasteiger charge is 2.22. The third-order valence-electron chi connectivity index (χ3n) is 3.20. The molecule has 1 N–H and O–H groups in total. The lowest BCUT2D eigenvalue weighted by Crippen LogP contribution is -2.40. The Hall–Kier alpha value is -2.13. The maximum absolute atomic E-state index is 10.9. The standard InChI is InChI=1S/C15H21N3O3/c1-4-17-15(3,11-16)8-5-9-21-14-10-12(2)6-7-13(14)18(19)20/h6-7,10,17H,4-5,8-9H2,1-3H3. The van der Waals surface area contributed by atoms with Crippen LogP contribution in [0.15, 0.2) is 18.2 Å². The molecular formula is C15H21N3O3. The number of rotatable bonds is 8. The molecule has 0 radical (unpaired) electrons. The molecule has 0 aliphatic rings. The minimum absolute atomic E-state index is 0.0321. The molecule has 6 heteroatoms. The van der Waals surface area contributed by atoms with E-state index in [1.165, 1.54) is 6.07 Å². The monoisotopic (exact) mass is 291 g/mol. The molecular weight excluding hydrogens is 270 g/mol. The highest BCUT2D eigenvalue weighted by Crippen LogP contribution is 2.28. The molecule has 0 spiro atoms. The third-order valence-corrected chi connectivity index (χ3v) is 3.20. The maximum Gasteiger partial charge on any atom is 0.310 e. The molecule has 21 heavy (non-hydrogen) atoms. The van der Waals surface area contributed by atoms with E-state index in [1.807, 2.05) is 20.8 Å². The quantitative estimate of drug-likeness (QED) is 0.452. The summed E-state index contributed by atoms with van der Waals surface area (Å²) < 4.78 is 5.52. The van der Waals surface area contributed by atoms with Gasteiger partial charge in [-0.25, -0.2) is 0 Å². The van der Waals surface area contributed by atoms with Gasteiger partial charge in [0.15, 0.2) is 5.75 Å². The van der Waals surface area contributed by atoms with Crippen molar-refractivity contribution in [3.05, 3.63) is 33.9 Å². The van der Waals surface area contributed by atoms with Crippen molar-refractivity contribution in [2.24, 2.45) is 0 Å². The number of ether oxygens (including phenoxy) is 1. The van der Waals surface area contributed by atoms with E-state index < -0.39 is 10.5 Å². The predicted octanol–water partition coefficient (Wildman–Crippen LogP) is 2.95. The van der Waals surface area contributed by atoms with Crippen LogP contribution in [-0.4, -0.2) is 23.6 Å². The topological polar surface area (TPSA) is 88.2 Å². The molecule has 0 aromatic heterocycles. The van der Waals surface area contributed by atoms with Crippen molar-refractivity contribution in [2.75, 3.05) is 13.2 Å². The molecule has 114 valence electrons. The van der Waals surface area contributed by atoms with Gasteiger partial charge in [0.1, 0.15) is 5.54 Å². The van der Waals surface area contributed by atoms with Crippen molar-refractivity contribution >= 4 is 5.69 Å². The summed E-state index contributed by atoms with van der Waals surface area (Å²) in [4.78, 5) is 10.5. The average molecular weight is 291 g/mol. The van der Waals surface area contributed by atoms with Crippen LogP contribution in [0.3, 0.4) is 0 Å². The van der Waals surface area contributed by atoms with Gasteiger partial charge in [-0.3, -0.25) is 15.4 Å². The van der Waals surface area contributed by atoms with Gasteiger partial charge >= 0.3 is 5.69 Å². The summed E-state index contributed by atoms with van der Waals surface area (Å²) in [6, 6.07) is 7.03. The van der Waals surface area contributed by atoms with Gasteiger partial charge in [-0.15, -0.1) is 0 Å². The van der Waals surface area contributed by atoms with Crippen LogP contribution in [0.2, 0.25) is 0 Å². The number of aryl methyl sites for hydroxylation is 1. The zero-order chi connectivity index (χ0) is 15.9. The van der Waals surface area contributed by atoms with Crippen molar-refractivity contribution in [3.8, 4) is 11.8 Å². The first-order valence-corrected chi connectivity index (χ1v) is 6.96. The number of nitrogens with zero attached hydrogens (tertiary/aromatic N) is 2. The SMILES string of the molecule is CCNC(C)(C#N)CCCOc1cc(C)ccc1[N+](=O)[O-]. The van der Waals surface area contributed by atoms with Crippen molar-refractivity contribution in [3.63, 3.8) is 0 Å². The number of benzene rings is 1. The molecule has 0 heterocycles. The summed E-state index contributed by atoms with van der Waals surface area (Å²) in [7, 11) is 0. The second-order valence-corrected chi connectivity index (χ2v) is 5.15. The molecule has 0 amide bonds. The van der Waals surface area contributed by atoms with Crippen LogP contribution >= 0.6 is 0 Å². The summed E-state index contributed by atoms with van der Waals surface area (Å²) in [5, 5.41) is 23.2. The van der Waals surface area contributed by atoms with Gasteiger partial charge in [-0.05, 0) is 44.9 Å². The van der Waals surface area contributed by atoms with Crippen LogP contribution in [0.4, 0.5) is 5.69 Å². The zero-order valence-electron chi connectivity index (χ0n) is 12.7. The Kier molecular flexibility index (Phi) is 6.12. The minimum Gasteiger partial charge on any atom is -0.487 e. The van der Waals surface area contributed by atoms with Gasteiger partial charge in [0.2, 0.25) is 0 Å². The number of nitro benzene ring substituents is 1. The van der Waals surface area contributed by atoms with Crippen molar-refractivity contribution in [1.82, 2.24) is 5.32 Å². The van der Waals surface area contributed by atoms with Gasteiger partial charge in [0, 0.05) is 6.07 Å². The molecule has 0 aliphatic carbocycles. The lowest BCUT2D eigenvalue weighted by molar-refractivity contribution is -0.385. The molecule has 1 rings (SSSR count).